The lowest BCUT2D eigenvalue weighted by Gasteiger charge is -2.27. The maximum atomic E-state index is 4.45. The molecule has 0 bridgehead atoms. The lowest BCUT2D eigenvalue weighted by Crippen LogP contribution is -2.32. The number of aromatic nitrogens is 1. The summed E-state index contributed by atoms with van der Waals surface area (Å²) in [5.74, 6) is 1.04. The van der Waals surface area contributed by atoms with Crippen LogP contribution in [0, 0.1) is 0 Å². The van der Waals surface area contributed by atoms with Gasteiger partial charge in [-0.3, -0.25) is 4.90 Å². The van der Waals surface area contributed by atoms with E-state index in [0.717, 1.165) is 31.9 Å². The number of rotatable bonds is 8. The van der Waals surface area contributed by atoms with Crippen molar-refractivity contribution >= 4 is 5.82 Å². The average molecular weight is 249 g/mol. The van der Waals surface area contributed by atoms with Crippen molar-refractivity contribution in [3.05, 3.63) is 23.9 Å². The van der Waals surface area contributed by atoms with Crippen LogP contribution in [0.5, 0.6) is 0 Å². The van der Waals surface area contributed by atoms with E-state index in [2.05, 4.69) is 49.0 Å². The van der Waals surface area contributed by atoms with Crippen LogP contribution in [0.2, 0.25) is 0 Å². The third-order valence-electron chi connectivity index (χ3n) is 3.43. The van der Waals surface area contributed by atoms with E-state index in [1.807, 2.05) is 12.3 Å². The highest BCUT2D eigenvalue weighted by Crippen LogP contribution is 2.16. The van der Waals surface area contributed by atoms with Crippen molar-refractivity contribution in [3.8, 4) is 0 Å². The number of hydrogen-bond donors (Lipinski definition) is 1. The van der Waals surface area contributed by atoms with E-state index in [9.17, 15) is 0 Å². The molecule has 1 atom stereocenters. The van der Waals surface area contributed by atoms with Gasteiger partial charge in [0.15, 0.2) is 0 Å². The van der Waals surface area contributed by atoms with E-state index < -0.39 is 0 Å². The van der Waals surface area contributed by atoms with E-state index in [-0.39, 0.29) is 0 Å². The Morgan fingerprint density at radius 2 is 2.11 bits per heavy atom. The Bertz CT molecular complexity index is 338. The summed E-state index contributed by atoms with van der Waals surface area (Å²) in [4.78, 5) is 6.95. The smallest absolute Gasteiger partial charge is 0.130 e. The first-order valence-electron chi connectivity index (χ1n) is 7.14. The first-order chi connectivity index (χ1) is 8.72. The fourth-order valence-electron chi connectivity index (χ4n) is 2.03. The zero-order valence-electron chi connectivity index (χ0n) is 12.2. The van der Waals surface area contributed by atoms with Gasteiger partial charge in [0.2, 0.25) is 0 Å². The summed E-state index contributed by atoms with van der Waals surface area (Å²) in [5.41, 5.74) is 1.30. The number of anilines is 1. The van der Waals surface area contributed by atoms with E-state index in [1.165, 1.54) is 12.0 Å². The van der Waals surface area contributed by atoms with Gasteiger partial charge >= 0.3 is 0 Å². The Balaban J connectivity index is 2.75. The molecule has 1 aromatic rings. The molecule has 1 rings (SSSR count). The van der Waals surface area contributed by atoms with E-state index in [4.69, 9.17) is 0 Å². The number of pyridine rings is 1. The Kier molecular flexibility index (Phi) is 6.73. The van der Waals surface area contributed by atoms with Crippen molar-refractivity contribution in [2.75, 3.05) is 18.4 Å². The molecule has 102 valence electrons. The standard InChI is InChI=1S/C15H27N3/c1-5-10-16-15-14(9-8-11-17-15)12-18(7-3)13(4)6-2/h8-9,11,13H,5-7,10,12H2,1-4H3,(H,16,17). The molecule has 3 heteroatoms. The second-order valence-electron chi connectivity index (χ2n) is 4.76. The van der Waals surface area contributed by atoms with Gasteiger partial charge in [-0.25, -0.2) is 4.98 Å². The average Bonchev–Trinajstić information content (AvgIpc) is 2.42. The fraction of sp³-hybridized carbons (Fsp3) is 0.667. The molecule has 1 unspecified atom stereocenters. The molecule has 0 radical (unpaired) electrons. The van der Waals surface area contributed by atoms with Crippen molar-refractivity contribution in [1.29, 1.82) is 0 Å². The zero-order chi connectivity index (χ0) is 13.4. The van der Waals surface area contributed by atoms with Gasteiger partial charge in [-0.15, -0.1) is 0 Å². The second-order valence-corrected chi connectivity index (χ2v) is 4.76. The lowest BCUT2D eigenvalue weighted by molar-refractivity contribution is 0.206. The maximum absolute atomic E-state index is 4.45. The van der Waals surface area contributed by atoms with Crippen LogP contribution in [-0.4, -0.2) is 29.0 Å². The van der Waals surface area contributed by atoms with Gasteiger partial charge in [0.25, 0.3) is 0 Å². The predicted octanol–water partition coefficient (Wildman–Crippen LogP) is 3.52. The first-order valence-corrected chi connectivity index (χ1v) is 7.14. The molecule has 0 aromatic carbocycles. The Morgan fingerprint density at radius 1 is 1.33 bits per heavy atom. The van der Waals surface area contributed by atoms with Crippen LogP contribution in [0.4, 0.5) is 5.82 Å². The molecule has 0 fully saturated rings. The largest absolute Gasteiger partial charge is 0.370 e. The van der Waals surface area contributed by atoms with Gasteiger partial charge in [-0.1, -0.05) is 26.8 Å². The molecule has 18 heavy (non-hydrogen) atoms. The molecule has 1 heterocycles. The third kappa shape index (κ3) is 4.30. The summed E-state index contributed by atoms with van der Waals surface area (Å²) in [5, 5.41) is 3.41. The lowest BCUT2D eigenvalue weighted by atomic mass is 10.1. The minimum atomic E-state index is 0.620. The Morgan fingerprint density at radius 3 is 2.72 bits per heavy atom. The molecule has 0 aliphatic carbocycles. The summed E-state index contributed by atoms with van der Waals surface area (Å²) in [6, 6.07) is 4.82. The van der Waals surface area contributed by atoms with E-state index in [0.29, 0.717) is 6.04 Å². The normalized spacial score (nSPS) is 12.7. The Labute approximate surface area is 112 Å². The van der Waals surface area contributed by atoms with Crippen molar-refractivity contribution in [2.24, 2.45) is 0 Å². The summed E-state index contributed by atoms with van der Waals surface area (Å²) >= 11 is 0. The molecule has 1 aromatic heterocycles. The molecule has 0 saturated heterocycles. The highest BCUT2D eigenvalue weighted by molar-refractivity contribution is 5.43. The minimum Gasteiger partial charge on any atom is -0.370 e. The van der Waals surface area contributed by atoms with Gasteiger partial charge in [0.05, 0.1) is 0 Å². The zero-order valence-corrected chi connectivity index (χ0v) is 12.2. The summed E-state index contributed by atoms with van der Waals surface area (Å²) in [6.45, 7) is 12.0. The molecule has 0 aliphatic heterocycles. The van der Waals surface area contributed by atoms with E-state index >= 15 is 0 Å². The van der Waals surface area contributed by atoms with Crippen LogP contribution < -0.4 is 5.32 Å². The topological polar surface area (TPSA) is 28.2 Å². The van der Waals surface area contributed by atoms with Gasteiger partial charge in [-0.05, 0) is 32.4 Å². The van der Waals surface area contributed by atoms with Crippen molar-refractivity contribution in [1.82, 2.24) is 9.88 Å². The summed E-state index contributed by atoms with van der Waals surface area (Å²) < 4.78 is 0. The minimum absolute atomic E-state index is 0.620. The number of nitrogens with one attached hydrogen (secondary N) is 1. The highest BCUT2D eigenvalue weighted by Gasteiger charge is 2.12. The van der Waals surface area contributed by atoms with Crippen molar-refractivity contribution < 1.29 is 0 Å². The number of nitrogens with zero attached hydrogens (tertiary/aromatic N) is 2. The summed E-state index contributed by atoms with van der Waals surface area (Å²) in [6.07, 6.45) is 4.17. The quantitative estimate of drug-likeness (QED) is 0.764. The maximum Gasteiger partial charge on any atom is 0.130 e. The molecule has 3 nitrogen and oxygen atoms in total. The first kappa shape index (κ1) is 15.0. The second kappa shape index (κ2) is 8.09. The molecule has 0 spiro atoms. The van der Waals surface area contributed by atoms with E-state index in [1.54, 1.807) is 0 Å². The van der Waals surface area contributed by atoms with Gasteiger partial charge in [0.1, 0.15) is 5.82 Å². The molecule has 0 saturated carbocycles. The van der Waals surface area contributed by atoms with Gasteiger partial charge < -0.3 is 5.32 Å². The SMILES string of the molecule is CCCNc1ncccc1CN(CC)C(C)CC. The highest BCUT2D eigenvalue weighted by atomic mass is 15.1. The summed E-state index contributed by atoms with van der Waals surface area (Å²) in [7, 11) is 0. The van der Waals surface area contributed by atoms with Crippen LogP contribution in [0.1, 0.15) is 46.1 Å². The molecule has 1 N–H and O–H groups in total. The van der Waals surface area contributed by atoms with Crippen molar-refractivity contribution in [3.63, 3.8) is 0 Å². The number of hydrogen-bond acceptors (Lipinski definition) is 3. The monoisotopic (exact) mass is 249 g/mol. The fourth-order valence-corrected chi connectivity index (χ4v) is 2.03. The van der Waals surface area contributed by atoms with Crippen LogP contribution in [0.15, 0.2) is 18.3 Å². The molecule has 0 aliphatic rings. The van der Waals surface area contributed by atoms with Crippen LogP contribution in [-0.2, 0) is 6.54 Å². The van der Waals surface area contributed by atoms with Crippen LogP contribution >= 0.6 is 0 Å². The predicted molar refractivity (Wildman–Crippen MR) is 78.9 cm³/mol. The van der Waals surface area contributed by atoms with Crippen LogP contribution in [0.25, 0.3) is 0 Å². The molecular weight excluding hydrogens is 222 g/mol. The third-order valence-corrected chi connectivity index (χ3v) is 3.43. The molecule has 0 amide bonds. The van der Waals surface area contributed by atoms with Crippen molar-refractivity contribution in [2.45, 2.75) is 53.1 Å². The van der Waals surface area contributed by atoms with Gasteiger partial charge in [-0.2, -0.15) is 0 Å². The Hall–Kier alpha value is -1.09. The van der Waals surface area contributed by atoms with Crippen LogP contribution in [0.3, 0.4) is 0 Å². The molecular formula is C15H27N3. The van der Waals surface area contributed by atoms with Gasteiger partial charge in [0, 0.05) is 30.9 Å².